The molecule has 2 heterocycles. The first-order chi connectivity index (χ1) is 14.1. The first-order valence-corrected chi connectivity index (χ1v) is 10.9. The Labute approximate surface area is 172 Å². The Balaban J connectivity index is 1.70. The van der Waals surface area contributed by atoms with Gasteiger partial charge in [0, 0.05) is 32.0 Å². The van der Waals surface area contributed by atoms with Crippen LogP contribution >= 0.6 is 0 Å². The van der Waals surface area contributed by atoms with Crippen molar-refractivity contribution in [1.29, 1.82) is 0 Å². The molecule has 1 aliphatic heterocycles. The van der Waals surface area contributed by atoms with Crippen molar-refractivity contribution < 1.29 is 32.2 Å². The smallest absolute Gasteiger partial charge is 0.407 e. The molecular formula is C18H21FN4O6S. The lowest BCUT2D eigenvalue weighted by atomic mass is 10.1. The highest BCUT2D eigenvalue weighted by Gasteiger charge is 2.25. The van der Waals surface area contributed by atoms with Gasteiger partial charge in [-0.3, -0.25) is 4.72 Å². The van der Waals surface area contributed by atoms with Crippen LogP contribution in [-0.2, 0) is 10.0 Å². The Morgan fingerprint density at radius 2 is 1.93 bits per heavy atom. The molecule has 0 bridgehead atoms. The summed E-state index contributed by atoms with van der Waals surface area (Å²) in [4.78, 5) is 20.4. The quantitative estimate of drug-likeness (QED) is 0.701. The number of benzene rings is 1. The predicted octanol–water partition coefficient (Wildman–Crippen LogP) is 2.61. The summed E-state index contributed by atoms with van der Waals surface area (Å²) >= 11 is 0. The normalized spacial score (nSPS) is 15.0. The summed E-state index contributed by atoms with van der Waals surface area (Å²) in [5.74, 6) is -0.558. The molecule has 1 fully saturated rings. The minimum absolute atomic E-state index is 0.0680. The van der Waals surface area contributed by atoms with Gasteiger partial charge >= 0.3 is 6.09 Å². The van der Waals surface area contributed by atoms with E-state index in [1.807, 2.05) is 0 Å². The van der Waals surface area contributed by atoms with Gasteiger partial charge in [-0.1, -0.05) is 0 Å². The third-order valence-electron chi connectivity index (χ3n) is 4.42. The van der Waals surface area contributed by atoms with Crippen molar-refractivity contribution in [2.45, 2.75) is 25.9 Å². The number of piperidine rings is 1. The first-order valence-electron chi connectivity index (χ1n) is 9.03. The molecule has 1 aliphatic rings. The van der Waals surface area contributed by atoms with Gasteiger partial charge in [-0.25, -0.2) is 27.6 Å². The average molecular weight is 440 g/mol. The molecule has 1 amide bonds. The monoisotopic (exact) mass is 440 g/mol. The van der Waals surface area contributed by atoms with E-state index in [-0.39, 0.29) is 29.3 Å². The molecule has 30 heavy (non-hydrogen) atoms. The van der Waals surface area contributed by atoms with Crippen LogP contribution in [0.2, 0.25) is 0 Å². The number of amides is 1. The maximum Gasteiger partial charge on any atom is 0.407 e. The Kier molecular flexibility index (Phi) is 6.25. The van der Waals surface area contributed by atoms with E-state index in [1.54, 1.807) is 6.92 Å². The molecule has 0 atom stereocenters. The van der Waals surface area contributed by atoms with Crippen LogP contribution < -0.4 is 14.2 Å². The molecular weight excluding hydrogens is 419 g/mol. The molecule has 10 nitrogen and oxygen atoms in total. The number of halogens is 1. The number of hydrogen-bond donors (Lipinski definition) is 2. The Morgan fingerprint density at radius 3 is 2.53 bits per heavy atom. The second kappa shape index (κ2) is 8.69. The number of ether oxygens (including phenoxy) is 2. The molecule has 12 heteroatoms. The number of carboxylic acid groups (broad SMARTS) is 1. The van der Waals surface area contributed by atoms with Crippen LogP contribution in [0.5, 0.6) is 17.5 Å². The summed E-state index contributed by atoms with van der Waals surface area (Å²) in [6, 6.07) is 3.65. The predicted molar refractivity (Wildman–Crippen MR) is 105 cm³/mol. The third kappa shape index (κ3) is 5.47. The lowest BCUT2D eigenvalue weighted by Crippen LogP contribution is -2.41. The zero-order valence-electron chi connectivity index (χ0n) is 16.3. The fourth-order valence-corrected chi connectivity index (χ4v) is 3.48. The highest BCUT2D eigenvalue weighted by molar-refractivity contribution is 7.92. The van der Waals surface area contributed by atoms with E-state index >= 15 is 0 Å². The van der Waals surface area contributed by atoms with Gasteiger partial charge in [0.2, 0.25) is 21.8 Å². The van der Waals surface area contributed by atoms with Gasteiger partial charge in [0.1, 0.15) is 12.4 Å². The fraction of sp³-hybridized carbons (Fsp3) is 0.389. The van der Waals surface area contributed by atoms with Crippen LogP contribution in [-0.4, -0.2) is 59.9 Å². The first kappa shape index (κ1) is 21.6. The molecule has 0 aliphatic carbocycles. The molecule has 3 rings (SSSR count). The third-order valence-corrected chi connectivity index (χ3v) is 5.03. The second-order valence-electron chi connectivity index (χ2n) is 6.82. The highest BCUT2D eigenvalue weighted by Crippen LogP contribution is 2.31. The van der Waals surface area contributed by atoms with E-state index in [4.69, 9.17) is 14.6 Å². The van der Waals surface area contributed by atoms with Crippen molar-refractivity contribution in [1.82, 2.24) is 14.9 Å². The van der Waals surface area contributed by atoms with Gasteiger partial charge in [-0.05, 0) is 19.1 Å². The van der Waals surface area contributed by atoms with Crippen LogP contribution in [0, 0.1) is 12.7 Å². The highest BCUT2D eigenvalue weighted by atomic mass is 32.2. The topological polar surface area (TPSA) is 131 Å². The van der Waals surface area contributed by atoms with E-state index in [0.29, 0.717) is 31.5 Å². The Bertz CT molecular complexity index is 1040. The number of sulfonamides is 1. The molecule has 2 aromatic rings. The zero-order valence-corrected chi connectivity index (χ0v) is 17.1. The van der Waals surface area contributed by atoms with Crippen LogP contribution in [0.3, 0.4) is 0 Å². The SMILES string of the molecule is Cc1c(Oc2ccc(NS(C)(=O)=O)cc2F)ncnc1OC1CCN(C(=O)O)CC1. The average Bonchev–Trinajstić information content (AvgIpc) is 2.66. The van der Waals surface area contributed by atoms with Crippen LogP contribution in [0.25, 0.3) is 0 Å². The maximum atomic E-state index is 14.3. The van der Waals surface area contributed by atoms with Crippen molar-refractivity contribution in [2.24, 2.45) is 0 Å². The molecule has 1 aromatic heterocycles. The maximum absolute atomic E-state index is 14.3. The summed E-state index contributed by atoms with van der Waals surface area (Å²) in [5.41, 5.74) is 0.523. The second-order valence-corrected chi connectivity index (χ2v) is 8.57. The summed E-state index contributed by atoms with van der Waals surface area (Å²) in [6.07, 6.45) is 2.07. The van der Waals surface area contributed by atoms with Crippen molar-refractivity contribution in [3.8, 4) is 17.5 Å². The summed E-state index contributed by atoms with van der Waals surface area (Å²) in [6.45, 7) is 2.40. The van der Waals surface area contributed by atoms with Gasteiger partial charge in [-0.2, -0.15) is 0 Å². The van der Waals surface area contributed by atoms with Crippen molar-refractivity contribution in [2.75, 3.05) is 24.1 Å². The van der Waals surface area contributed by atoms with Crippen molar-refractivity contribution in [3.05, 3.63) is 35.9 Å². The minimum atomic E-state index is -3.53. The van der Waals surface area contributed by atoms with E-state index in [0.717, 1.165) is 12.3 Å². The molecule has 2 N–H and O–H groups in total. The Morgan fingerprint density at radius 1 is 1.27 bits per heavy atom. The molecule has 0 spiro atoms. The fourth-order valence-electron chi connectivity index (χ4n) is 2.93. The van der Waals surface area contributed by atoms with E-state index in [1.165, 1.54) is 23.4 Å². The van der Waals surface area contributed by atoms with E-state index in [9.17, 15) is 17.6 Å². The summed E-state index contributed by atoms with van der Waals surface area (Å²) in [7, 11) is -3.53. The molecule has 0 unspecified atom stereocenters. The number of aromatic nitrogens is 2. The van der Waals surface area contributed by atoms with Gasteiger partial charge in [0.15, 0.2) is 11.6 Å². The number of anilines is 1. The molecule has 162 valence electrons. The number of likely N-dealkylation sites (tertiary alicyclic amines) is 1. The van der Waals surface area contributed by atoms with Crippen LogP contribution in [0.4, 0.5) is 14.9 Å². The Hall–Kier alpha value is -3.15. The van der Waals surface area contributed by atoms with Crippen molar-refractivity contribution in [3.63, 3.8) is 0 Å². The number of rotatable bonds is 6. The summed E-state index contributed by atoms with van der Waals surface area (Å²) < 4.78 is 50.4. The van der Waals surface area contributed by atoms with Gasteiger partial charge in [0.05, 0.1) is 17.5 Å². The van der Waals surface area contributed by atoms with Gasteiger partial charge in [-0.15, -0.1) is 0 Å². The minimum Gasteiger partial charge on any atom is -0.474 e. The zero-order chi connectivity index (χ0) is 21.9. The molecule has 1 aromatic carbocycles. The molecule has 0 saturated carbocycles. The standard InChI is InChI=1S/C18H21FN4O6S/c1-11-16(28-13-5-7-23(8-6-13)18(24)25)20-10-21-17(11)29-15-4-3-12(9-14(15)19)22-30(2,26)27/h3-4,9-10,13,22H,5-8H2,1-2H3,(H,24,25). The molecule has 0 radical (unpaired) electrons. The molecule has 1 saturated heterocycles. The van der Waals surface area contributed by atoms with Gasteiger partial charge in [0.25, 0.3) is 0 Å². The lowest BCUT2D eigenvalue weighted by molar-refractivity contribution is 0.0864. The number of nitrogens with one attached hydrogen (secondary N) is 1. The van der Waals surface area contributed by atoms with E-state index in [2.05, 4.69) is 14.7 Å². The van der Waals surface area contributed by atoms with Gasteiger partial charge < -0.3 is 19.5 Å². The van der Waals surface area contributed by atoms with Crippen LogP contribution in [0.15, 0.2) is 24.5 Å². The van der Waals surface area contributed by atoms with Crippen molar-refractivity contribution >= 4 is 21.8 Å². The summed E-state index contributed by atoms with van der Waals surface area (Å²) in [5, 5.41) is 9.01. The lowest BCUT2D eigenvalue weighted by Gasteiger charge is -2.30. The number of nitrogens with zero attached hydrogens (tertiary/aromatic N) is 3. The number of hydrogen-bond acceptors (Lipinski definition) is 7. The largest absolute Gasteiger partial charge is 0.474 e. The van der Waals surface area contributed by atoms with E-state index < -0.39 is 21.9 Å². The van der Waals surface area contributed by atoms with Crippen LogP contribution in [0.1, 0.15) is 18.4 Å². The number of carbonyl (C=O) groups is 1.